The van der Waals surface area contributed by atoms with E-state index in [9.17, 15) is 8.42 Å². The average Bonchev–Trinajstić information content (AvgIpc) is 2.54. The predicted molar refractivity (Wildman–Crippen MR) is 102 cm³/mol. The Kier molecular flexibility index (Phi) is 6.27. The van der Waals surface area contributed by atoms with Crippen molar-refractivity contribution in [3.8, 4) is 11.5 Å². The summed E-state index contributed by atoms with van der Waals surface area (Å²) in [5.74, 6) is 1.21. The van der Waals surface area contributed by atoms with Gasteiger partial charge in [0.05, 0.1) is 5.75 Å². The van der Waals surface area contributed by atoms with Crippen LogP contribution in [0.1, 0.15) is 6.42 Å². The minimum Gasteiger partial charge on any atom is -0.457 e. The third-order valence-electron chi connectivity index (χ3n) is 3.72. The molecule has 25 heavy (non-hydrogen) atoms. The topological polar surface area (TPSA) is 70.1 Å². The van der Waals surface area contributed by atoms with Gasteiger partial charge in [0.2, 0.25) is 0 Å². The largest absolute Gasteiger partial charge is 0.457 e. The maximum absolute atomic E-state index is 10.8. The maximum atomic E-state index is 10.8. The quantitative estimate of drug-likeness (QED) is 0.725. The van der Waals surface area contributed by atoms with E-state index < -0.39 is 10.1 Å². The molecule has 0 spiro atoms. The van der Waals surface area contributed by atoms with Gasteiger partial charge in [-0.25, -0.2) is 0 Å². The highest BCUT2D eigenvalue weighted by molar-refractivity contribution is 7.85. The van der Waals surface area contributed by atoms with Crippen LogP contribution in [0.2, 0.25) is 0 Å². The van der Waals surface area contributed by atoms with Crippen LogP contribution < -0.4 is 14.5 Å². The molecule has 2 rings (SSSR count). The second-order valence-electron chi connectivity index (χ2n) is 6.05. The Morgan fingerprint density at radius 1 is 0.960 bits per heavy atom. The van der Waals surface area contributed by atoms with E-state index in [0.717, 1.165) is 17.1 Å². The highest BCUT2D eigenvalue weighted by atomic mass is 32.2. The highest BCUT2D eigenvalue weighted by Crippen LogP contribution is 2.28. The van der Waals surface area contributed by atoms with Gasteiger partial charge >= 0.3 is 0 Å². The van der Waals surface area contributed by atoms with Gasteiger partial charge in [-0.1, -0.05) is 12.1 Å². The number of rotatable bonds is 8. The Hall–Kier alpha value is -2.25. The zero-order valence-corrected chi connectivity index (χ0v) is 15.5. The van der Waals surface area contributed by atoms with Crippen LogP contribution in [0.15, 0.2) is 48.5 Å². The lowest BCUT2D eigenvalue weighted by Gasteiger charge is -2.20. The van der Waals surface area contributed by atoms with E-state index in [-0.39, 0.29) is 5.75 Å². The summed E-state index contributed by atoms with van der Waals surface area (Å²) in [5.41, 5.74) is 1.97. The van der Waals surface area contributed by atoms with E-state index in [2.05, 4.69) is 0 Å². The standard InChI is InChI=1S/C18H24N2O4S/c1-19(2)15-7-4-9-17(13-15)24-18-10-5-8-16(14-18)20(3)11-6-12-25(21,22)23/h4-5,7-10,13-14H,6,11-12H2,1-3H3,(H,21,22,23). The minimum atomic E-state index is -3.92. The molecule has 0 atom stereocenters. The molecule has 1 N–H and O–H groups in total. The SMILES string of the molecule is CN(C)c1cccc(Oc2cccc(N(C)CCCS(=O)(=O)O)c2)c1. The van der Waals surface area contributed by atoms with Gasteiger partial charge in [0, 0.05) is 51.2 Å². The van der Waals surface area contributed by atoms with Crippen LogP contribution in [-0.2, 0) is 10.1 Å². The van der Waals surface area contributed by atoms with Crippen molar-refractivity contribution in [2.75, 3.05) is 43.2 Å². The number of hydrogen-bond acceptors (Lipinski definition) is 5. The van der Waals surface area contributed by atoms with Gasteiger partial charge < -0.3 is 14.5 Å². The third-order valence-corrected chi connectivity index (χ3v) is 4.53. The van der Waals surface area contributed by atoms with Crippen molar-refractivity contribution in [2.45, 2.75) is 6.42 Å². The number of benzene rings is 2. The zero-order valence-electron chi connectivity index (χ0n) is 14.7. The van der Waals surface area contributed by atoms with Crippen LogP contribution in [0.3, 0.4) is 0 Å². The van der Waals surface area contributed by atoms with Crippen molar-refractivity contribution in [1.29, 1.82) is 0 Å². The van der Waals surface area contributed by atoms with Gasteiger partial charge in [0.1, 0.15) is 11.5 Å². The summed E-state index contributed by atoms with van der Waals surface area (Å²) in [6.45, 7) is 0.513. The highest BCUT2D eigenvalue weighted by Gasteiger charge is 2.08. The lowest BCUT2D eigenvalue weighted by Crippen LogP contribution is -2.21. The van der Waals surface area contributed by atoms with Crippen LogP contribution in [0, 0.1) is 0 Å². The fourth-order valence-electron chi connectivity index (χ4n) is 2.36. The van der Waals surface area contributed by atoms with E-state index in [1.807, 2.05) is 79.5 Å². The molecule has 136 valence electrons. The lowest BCUT2D eigenvalue weighted by molar-refractivity contribution is 0.480. The fourth-order valence-corrected chi connectivity index (χ4v) is 2.85. The van der Waals surface area contributed by atoms with E-state index in [0.29, 0.717) is 18.7 Å². The third kappa shape index (κ3) is 6.28. The monoisotopic (exact) mass is 364 g/mol. The Bertz CT molecular complexity index is 806. The van der Waals surface area contributed by atoms with Gasteiger partial charge in [-0.3, -0.25) is 4.55 Å². The predicted octanol–water partition coefficient (Wildman–Crippen LogP) is 3.26. The number of nitrogens with zero attached hydrogens (tertiary/aromatic N) is 2. The Balaban J connectivity index is 2.04. The summed E-state index contributed by atoms with van der Waals surface area (Å²) < 4.78 is 36.3. The normalized spacial score (nSPS) is 11.2. The van der Waals surface area contributed by atoms with Crippen LogP contribution >= 0.6 is 0 Å². The molecule has 0 saturated heterocycles. The van der Waals surface area contributed by atoms with Gasteiger partial charge in [0.25, 0.3) is 10.1 Å². The first kappa shape index (κ1) is 19.1. The number of hydrogen-bond donors (Lipinski definition) is 1. The molecule has 0 fully saturated rings. The summed E-state index contributed by atoms with van der Waals surface area (Å²) in [6.07, 6.45) is 0.352. The average molecular weight is 364 g/mol. The Labute approximate surface area is 149 Å². The molecule has 0 unspecified atom stereocenters. The van der Waals surface area contributed by atoms with Crippen molar-refractivity contribution in [3.05, 3.63) is 48.5 Å². The molecule has 0 aliphatic carbocycles. The first-order valence-electron chi connectivity index (χ1n) is 7.96. The van der Waals surface area contributed by atoms with Crippen molar-refractivity contribution < 1.29 is 17.7 Å². The van der Waals surface area contributed by atoms with E-state index in [1.54, 1.807) is 0 Å². The Morgan fingerprint density at radius 3 is 2.08 bits per heavy atom. The molecule has 2 aromatic rings. The molecule has 0 aliphatic rings. The molecule has 6 nitrogen and oxygen atoms in total. The van der Waals surface area contributed by atoms with Crippen LogP contribution in [0.4, 0.5) is 11.4 Å². The van der Waals surface area contributed by atoms with E-state index >= 15 is 0 Å². The molecule has 0 bridgehead atoms. The minimum absolute atomic E-state index is 0.245. The van der Waals surface area contributed by atoms with Gasteiger partial charge in [0.15, 0.2) is 0 Å². The van der Waals surface area contributed by atoms with Gasteiger partial charge in [-0.15, -0.1) is 0 Å². The summed E-state index contributed by atoms with van der Waals surface area (Å²) in [5, 5.41) is 0. The summed E-state index contributed by atoms with van der Waals surface area (Å²) >= 11 is 0. The van der Waals surface area contributed by atoms with Crippen LogP contribution in [0.25, 0.3) is 0 Å². The van der Waals surface area contributed by atoms with Crippen molar-refractivity contribution in [3.63, 3.8) is 0 Å². The molecule has 0 aromatic heterocycles. The smallest absolute Gasteiger partial charge is 0.264 e. The molecule has 7 heteroatoms. The summed E-state index contributed by atoms with van der Waals surface area (Å²) in [7, 11) is 1.90. The molecule has 0 radical (unpaired) electrons. The van der Waals surface area contributed by atoms with E-state index in [4.69, 9.17) is 9.29 Å². The molecule has 0 amide bonds. The lowest BCUT2D eigenvalue weighted by atomic mass is 10.2. The molecule has 0 aliphatic heterocycles. The number of anilines is 2. The second-order valence-corrected chi connectivity index (χ2v) is 7.62. The number of ether oxygens (including phenoxy) is 1. The molecule has 2 aromatic carbocycles. The van der Waals surface area contributed by atoms with Crippen molar-refractivity contribution >= 4 is 21.5 Å². The van der Waals surface area contributed by atoms with E-state index in [1.165, 1.54) is 0 Å². The first-order valence-corrected chi connectivity index (χ1v) is 9.57. The van der Waals surface area contributed by atoms with Crippen LogP contribution in [-0.4, -0.2) is 46.4 Å². The molecular formula is C18H24N2O4S. The zero-order chi connectivity index (χ0) is 18.4. The molecule has 0 saturated carbocycles. The fraction of sp³-hybridized carbons (Fsp3) is 0.333. The summed E-state index contributed by atoms with van der Waals surface area (Å²) in [6, 6.07) is 15.4. The summed E-state index contributed by atoms with van der Waals surface area (Å²) in [4.78, 5) is 3.93. The second kappa shape index (κ2) is 8.22. The Morgan fingerprint density at radius 2 is 1.52 bits per heavy atom. The molecule has 0 heterocycles. The first-order chi connectivity index (χ1) is 11.7. The van der Waals surface area contributed by atoms with Crippen LogP contribution in [0.5, 0.6) is 11.5 Å². The van der Waals surface area contributed by atoms with Crippen molar-refractivity contribution in [2.24, 2.45) is 0 Å². The maximum Gasteiger partial charge on any atom is 0.264 e. The van der Waals surface area contributed by atoms with Gasteiger partial charge in [-0.05, 0) is 30.7 Å². The molecular weight excluding hydrogens is 340 g/mol. The van der Waals surface area contributed by atoms with Crippen molar-refractivity contribution in [1.82, 2.24) is 0 Å². The van der Waals surface area contributed by atoms with Gasteiger partial charge in [-0.2, -0.15) is 8.42 Å².